The van der Waals surface area contributed by atoms with Gasteiger partial charge < -0.3 is 10.0 Å². The van der Waals surface area contributed by atoms with Gasteiger partial charge >= 0.3 is 5.97 Å². The van der Waals surface area contributed by atoms with Gasteiger partial charge in [-0.3, -0.25) is 9.59 Å². The molecule has 0 aliphatic carbocycles. The molecule has 1 heterocycles. The lowest BCUT2D eigenvalue weighted by Crippen LogP contribution is -2.42. The van der Waals surface area contributed by atoms with Gasteiger partial charge in [0.25, 0.3) is 0 Å². The number of carboxylic acids is 1. The number of carbonyl (C=O) groups is 2. The minimum absolute atomic E-state index is 0.0689. The lowest BCUT2D eigenvalue weighted by molar-refractivity contribution is -0.142. The number of anilines is 1. The minimum Gasteiger partial charge on any atom is -0.481 e. The Labute approximate surface area is 123 Å². The fourth-order valence-corrected chi connectivity index (χ4v) is 2.83. The predicted octanol–water partition coefficient (Wildman–Crippen LogP) is 2.31. The van der Waals surface area contributed by atoms with E-state index in [1.165, 1.54) is 6.92 Å². The molecule has 1 aromatic rings. The first-order valence-corrected chi connectivity index (χ1v) is 6.95. The molecule has 110 valence electrons. The molecule has 21 heavy (non-hydrogen) atoms. The summed E-state index contributed by atoms with van der Waals surface area (Å²) in [4.78, 5) is 24.7. The summed E-state index contributed by atoms with van der Waals surface area (Å²) < 4.78 is 0. The van der Waals surface area contributed by atoms with Crippen LogP contribution in [-0.2, 0) is 4.79 Å². The third kappa shape index (κ3) is 3.22. The molecule has 5 nitrogen and oxygen atoms in total. The van der Waals surface area contributed by atoms with Gasteiger partial charge in [0.2, 0.25) is 0 Å². The van der Waals surface area contributed by atoms with Gasteiger partial charge in [-0.05, 0) is 37.5 Å². The first kappa shape index (κ1) is 15.0. The molecule has 0 radical (unpaired) electrons. The molecule has 1 aliphatic rings. The van der Waals surface area contributed by atoms with Crippen LogP contribution in [0.5, 0.6) is 0 Å². The number of nitrogens with zero attached hydrogens (tertiary/aromatic N) is 2. The van der Waals surface area contributed by atoms with E-state index < -0.39 is 11.9 Å². The van der Waals surface area contributed by atoms with Crippen molar-refractivity contribution < 1.29 is 14.7 Å². The van der Waals surface area contributed by atoms with Crippen LogP contribution in [0.3, 0.4) is 0 Å². The van der Waals surface area contributed by atoms with Gasteiger partial charge in [-0.2, -0.15) is 5.26 Å². The number of hydrogen-bond acceptors (Lipinski definition) is 4. The van der Waals surface area contributed by atoms with E-state index in [1.54, 1.807) is 18.2 Å². The van der Waals surface area contributed by atoms with E-state index in [4.69, 9.17) is 0 Å². The Hall–Kier alpha value is -2.35. The zero-order valence-electron chi connectivity index (χ0n) is 12.2. The highest BCUT2D eigenvalue weighted by Gasteiger charge is 2.30. The molecule has 0 spiro atoms. The van der Waals surface area contributed by atoms with Gasteiger partial charge in [-0.1, -0.05) is 6.92 Å². The molecule has 2 atom stereocenters. The largest absolute Gasteiger partial charge is 0.481 e. The maximum absolute atomic E-state index is 11.5. The Bertz CT molecular complexity index is 618. The first-order chi connectivity index (χ1) is 9.92. The number of piperidine rings is 1. The molecule has 5 heteroatoms. The van der Waals surface area contributed by atoms with Crippen molar-refractivity contribution in [2.75, 3.05) is 18.0 Å². The topological polar surface area (TPSA) is 81.4 Å². The summed E-state index contributed by atoms with van der Waals surface area (Å²) in [5, 5.41) is 18.5. The van der Waals surface area contributed by atoms with Crippen LogP contribution in [-0.4, -0.2) is 29.9 Å². The number of aliphatic carboxylic acids is 1. The number of carboxylic acid groups (broad SMARTS) is 1. The molecule has 1 aliphatic heterocycles. The molecule has 0 saturated carbocycles. The Balaban J connectivity index is 2.39. The summed E-state index contributed by atoms with van der Waals surface area (Å²) in [6.07, 6.45) is 0.639. The Kier molecular flexibility index (Phi) is 4.27. The number of rotatable bonds is 3. The fourth-order valence-electron chi connectivity index (χ4n) is 2.83. The summed E-state index contributed by atoms with van der Waals surface area (Å²) in [6.45, 7) is 4.54. The quantitative estimate of drug-likeness (QED) is 0.862. The second-order valence-corrected chi connectivity index (χ2v) is 5.68. The smallest absolute Gasteiger partial charge is 0.308 e. The first-order valence-electron chi connectivity index (χ1n) is 6.95. The van der Waals surface area contributed by atoms with E-state index in [0.717, 1.165) is 0 Å². The lowest BCUT2D eigenvalue weighted by atomic mass is 9.89. The maximum atomic E-state index is 11.5. The van der Waals surface area contributed by atoms with Gasteiger partial charge in [0.1, 0.15) is 6.07 Å². The van der Waals surface area contributed by atoms with Crippen molar-refractivity contribution in [2.45, 2.75) is 20.3 Å². The number of ketones is 1. The van der Waals surface area contributed by atoms with Crippen LogP contribution in [0.25, 0.3) is 0 Å². The van der Waals surface area contributed by atoms with Crippen LogP contribution in [0.1, 0.15) is 36.2 Å². The molecule has 0 aromatic heterocycles. The van der Waals surface area contributed by atoms with Crippen molar-refractivity contribution in [3.8, 4) is 6.07 Å². The second kappa shape index (κ2) is 5.96. The Morgan fingerprint density at radius 2 is 2.10 bits per heavy atom. The van der Waals surface area contributed by atoms with Gasteiger partial charge in [0.15, 0.2) is 5.78 Å². The summed E-state index contributed by atoms with van der Waals surface area (Å²) in [5.41, 5.74) is 1.66. The standard InChI is InChI=1S/C16H18N2O3/c1-10-5-14(16(20)21)9-18(8-10)15-6-12(11(2)19)3-4-13(15)7-17/h3-4,6,10,14H,5,8-9H2,1-2H3,(H,20,21). The van der Waals surface area contributed by atoms with Gasteiger partial charge in [0.05, 0.1) is 17.2 Å². The number of nitriles is 1. The molecule has 2 rings (SSSR count). The van der Waals surface area contributed by atoms with E-state index in [0.29, 0.717) is 36.3 Å². The third-order valence-corrected chi connectivity index (χ3v) is 3.87. The van der Waals surface area contributed by atoms with Crippen molar-refractivity contribution in [2.24, 2.45) is 11.8 Å². The fraction of sp³-hybridized carbons (Fsp3) is 0.438. The molecule has 1 aromatic carbocycles. The van der Waals surface area contributed by atoms with Crippen LogP contribution in [0.2, 0.25) is 0 Å². The van der Waals surface area contributed by atoms with Gasteiger partial charge in [-0.25, -0.2) is 0 Å². The zero-order chi connectivity index (χ0) is 15.6. The van der Waals surface area contributed by atoms with Crippen LogP contribution in [0, 0.1) is 23.2 Å². The van der Waals surface area contributed by atoms with E-state index in [1.807, 2.05) is 11.8 Å². The highest BCUT2D eigenvalue weighted by atomic mass is 16.4. The molecule has 1 saturated heterocycles. The molecule has 2 unspecified atom stereocenters. The second-order valence-electron chi connectivity index (χ2n) is 5.68. The summed E-state index contributed by atoms with van der Waals surface area (Å²) in [7, 11) is 0. The van der Waals surface area contributed by atoms with E-state index in [-0.39, 0.29) is 11.7 Å². The normalized spacial score (nSPS) is 21.7. The number of benzene rings is 1. The van der Waals surface area contributed by atoms with Crippen molar-refractivity contribution >= 4 is 17.4 Å². The van der Waals surface area contributed by atoms with Crippen molar-refractivity contribution in [1.82, 2.24) is 0 Å². The van der Waals surface area contributed by atoms with Gasteiger partial charge in [0, 0.05) is 18.7 Å². The Morgan fingerprint density at radius 3 is 2.67 bits per heavy atom. The minimum atomic E-state index is -0.812. The molecular weight excluding hydrogens is 268 g/mol. The molecule has 1 fully saturated rings. The molecule has 1 N–H and O–H groups in total. The SMILES string of the molecule is CC(=O)c1ccc(C#N)c(N2CC(C)CC(C(=O)O)C2)c1. The van der Waals surface area contributed by atoms with Crippen molar-refractivity contribution in [1.29, 1.82) is 5.26 Å². The van der Waals surface area contributed by atoms with Gasteiger partial charge in [-0.15, -0.1) is 0 Å². The van der Waals surface area contributed by atoms with E-state index >= 15 is 0 Å². The summed E-state index contributed by atoms with van der Waals surface area (Å²) in [5.74, 6) is -1.10. The van der Waals surface area contributed by atoms with Crippen molar-refractivity contribution in [3.63, 3.8) is 0 Å². The Morgan fingerprint density at radius 1 is 1.38 bits per heavy atom. The van der Waals surface area contributed by atoms with E-state index in [9.17, 15) is 20.0 Å². The third-order valence-electron chi connectivity index (χ3n) is 3.87. The highest BCUT2D eigenvalue weighted by molar-refractivity contribution is 5.95. The number of Topliss-reactive ketones (excluding diaryl/α,β-unsaturated/α-hetero) is 1. The molecule has 0 bridgehead atoms. The highest BCUT2D eigenvalue weighted by Crippen LogP contribution is 2.30. The predicted molar refractivity (Wildman–Crippen MR) is 78.3 cm³/mol. The van der Waals surface area contributed by atoms with Crippen LogP contribution < -0.4 is 4.90 Å². The molecule has 0 amide bonds. The average Bonchev–Trinajstić information content (AvgIpc) is 2.45. The zero-order valence-corrected chi connectivity index (χ0v) is 12.2. The molecular formula is C16H18N2O3. The van der Waals surface area contributed by atoms with Crippen molar-refractivity contribution in [3.05, 3.63) is 29.3 Å². The summed E-state index contributed by atoms with van der Waals surface area (Å²) in [6, 6.07) is 7.07. The number of carbonyl (C=O) groups excluding carboxylic acids is 1. The maximum Gasteiger partial charge on any atom is 0.308 e. The monoisotopic (exact) mass is 286 g/mol. The van der Waals surface area contributed by atoms with Crippen LogP contribution >= 0.6 is 0 Å². The van der Waals surface area contributed by atoms with Crippen LogP contribution in [0.15, 0.2) is 18.2 Å². The lowest BCUT2D eigenvalue weighted by Gasteiger charge is -2.36. The van der Waals surface area contributed by atoms with Crippen LogP contribution in [0.4, 0.5) is 5.69 Å². The van der Waals surface area contributed by atoms with E-state index in [2.05, 4.69) is 6.07 Å². The average molecular weight is 286 g/mol. The number of hydrogen-bond donors (Lipinski definition) is 1. The summed E-state index contributed by atoms with van der Waals surface area (Å²) >= 11 is 0.